The van der Waals surface area contributed by atoms with Crippen LogP contribution in [0.25, 0.3) is 0 Å². The van der Waals surface area contributed by atoms with Crippen molar-refractivity contribution in [3.63, 3.8) is 0 Å². The second-order valence-corrected chi connectivity index (χ2v) is 9.60. The molecule has 182 valence electrons. The number of carbonyl (C=O) groups excluding carboxylic acids is 4. The Labute approximate surface area is 202 Å². The first-order valence-corrected chi connectivity index (χ1v) is 11.1. The van der Waals surface area contributed by atoms with E-state index in [-0.39, 0.29) is 38.1 Å². The summed E-state index contributed by atoms with van der Waals surface area (Å²) in [5.74, 6) is -1.43. The van der Waals surface area contributed by atoms with Crippen molar-refractivity contribution in [3.05, 3.63) is 35.9 Å². The van der Waals surface area contributed by atoms with Crippen molar-refractivity contribution >= 4 is 48.1 Å². The molecule has 0 spiro atoms. The number of β-lactam (4-membered cyclic amide) rings is 1. The number of fused-ring (bicyclic) bond motifs is 1. The Morgan fingerprint density at radius 1 is 1.15 bits per heavy atom. The van der Waals surface area contributed by atoms with Gasteiger partial charge in [0.05, 0.1) is 6.61 Å². The largest absolute Gasteiger partial charge is 0.508 e. The fraction of sp³-hybridized carbons (Fsp3) is 0.524. The number of nitrogens with two attached hydrogens (primary N) is 1. The summed E-state index contributed by atoms with van der Waals surface area (Å²) in [5.41, 5.74) is 6.66. The Balaban J connectivity index is 0.00000385. The van der Waals surface area contributed by atoms with Gasteiger partial charge in [-0.15, -0.1) is 24.2 Å². The molecule has 2 aliphatic heterocycles. The first kappa shape index (κ1) is 26.7. The number of benzene rings is 1. The molecule has 2 heterocycles. The van der Waals surface area contributed by atoms with E-state index >= 15 is 0 Å². The van der Waals surface area contributed by atoms with Crippen molar-refractivity contribution in [3.8, 4) is 0 Å². The number of thioether (sulfide) groups is 1. The zero-order valence-electron chi connectivity index (χ0n) is 18.5. The third-order valence-corrected chi connectivity index (χ3v) is 6.78. The molecule has 2 saturated heterocycles. The lowest BCUT2D eigenvalue weighted by molar-refractivity contribution is -0.165. The molecule has 2 fully saturated rings. The summed E-state index contributed by atoms with van der Waals surface area (Å²) in [6.07, 6.45) is -0.842. The number of amides is 2. The van der Waals surface area contributed by atoms with Crippen LogP contribution in [0.5, 0.6) is 0 Å². The molecule has 10 nitrogen and oxygen atoms in total. The van der Waals surface area contributed by atoms with E-state index in [2.05, 4.69) is 10.1 Å². The van der Waals surface area contributed by atoms with Crippen LogP contribution >= 0.6 is 24.2 Å². The lowest BCUT2D eigenvalue weighted by atomic mass is 9.95. The Hall–Kier alpha value is -2.50. The maximum atomic E-state index is 12.8. The van der Waals surface area contributed by atoms with Crippen LogP contribution in [0.2, 0.25) is 0 Å². The van der Waals surface area contributed by atoms with E-state index in [1.165, 1.54) is 16.7 Å². The molecular weight excluding hydrogens is 474 g/mol. The number of hydrogen-bond donors (Lipinski definition) is 2. The summed E-state index contributed by atoms with van der Waals surface area (Å²) in [4.78, 5) is 50.7. The molecule has 0 bridgehead atoms. The summed E-state index contributed by atoms with van der Waals surface area (Å²) < 4.78 is 14.0. The zero-order chi connectivity index (χ0) is 23.5. The third kappa shape index (κ3) is 5.71. The highest BCUT2D eigenvalue weighted by Crippen LogP contribution is 2.51. The second kappa shape index (κ2) is 11.1. The van der Waals surface area contributed by atoms with Crippen LogP contribution in [0, 0.1) is 0 Å². The number of halogens is 1. The van der Waals surface area contributed by atoms with Crippen LogP contribution in [0.15, 0.2) is 30.3 Å². The monoisotopic (exact) mass is 501 g/mol. The van der Waals surface area contributed by atoms with Crippen molar-refractivity contribution in [1.82, 2.24) is 10.2 Å². The van der Waals surface area contributed by atoms with E-state index in [9.17, 15) is 19.2 Å². The minimum atomic E-state index is -0.905. The molecule has 0 aliphatic carbocycles. The molecule has 3 N–H and O–H groups in total. The summed E-state index contributed by atoms with van der Waals surface area (Å²) in [5, 5.41) is 2.31. The molecule has 0 saturated carbocycles. The van der Waals surface area contributed by atoms with E-state index in [0.29, 0.717) is 5.56 Å². The van der Waals surface area contributed by atoms with Gasteiger partial charge in [0.1, 0.15) is 36.7 Å². The molecule has 2 amide bonds. The molecule has 3 rings (SSSR count). The van der Waals surface area contributed by atoms with Gasteiger partial charge >= 0.3 is 12.1 Å². The van der Waals surface area contributed by atoms with Gasteiger partial charge in [-0.25, -0.2) is 9.59 Å². The van der Waals surface area contributed by atoms with Crippen LogP contribution in [-0.2, 0) is 28.6 Å². The summed E-state index contributed by atoms with van der Waals surface area (Å²) in [7, 11) is 0. The molecule has 0 aromatic heterocycles. The molecule has 0 radical (unpaired) electrons. The van der Waals surface area contributed by atoms with Crippen LogP contribution < -0.4 is 11.1 Å². The summed E-state index contributed by atoms with van der Waals surface area (Å²) >= 11 is 1.41. The predicted molar refractivity (Wildman–Crippen MR) is 123 cm³/mol. The molecule has 33 heavy (non-hydrogen) atoms. The van der Waals surface area contributed by atoms with Gasteiger partial charge in [0, 0.05) is 4.75 Å². The number of nitrogens with zero attached hydrogens (tertiary/aromatic N) is 1. The van der Waals surface area contributed by atoms with Crippen molar-refractivity contribution in [2.24, 2.45) is 5.73 Å². The molecule has 1 aromatic rings. The Morgan fingerprint density at radius 2 is 1.79 bits per heavy atom. The van der Waals surface area contributed by atoms with Crippen LogP contribution in [0.3, 0.4) is 0 Å². The SMILES string of the molecule is CCOC(=O)OCCOC(=O)[C@@H]1N2C(=O)[C@@H](NC(=O)C(N)c3ccccc3)[C@H]2SC1(C)C.Cl. The third-order valence-electron chi connectivity index (χ3n) is 5.21. The van der Waals surface area contributed by atoms with E-state index in [1.54, 1.807) is 31.2 Å². The first-order chi connectivity index (χ1) is 15.2. The molecular formula is C21H28ClN3O7S. The predicted octanol–water partition coefficient (Wildman–Crippen LogP) is 1.37. The topological polar surface area (TPSA) is 137 Å². The number of nitrogens with one attached hydrogen (secondary N) is 1. The summed E-state index contributed by atoms with van der Waals surface area (Å²) in [6.45, 7) is 5.18. The van der Waals surface area contributed by atoms with Gasteiger partial charge in [0.2, 0.25) is 11.8 Å². The van der Waals surface area contributed by atoms with E-state index in [1.807, 2.05) is 19.9 Å². The Kier molecular flexibility index (Phi) is 8.98. The van der Waals surface area contributed by atoms with Gasteiger partial charge in [0.25, 0.3) is 0 Å². The fourth-order valence-corrected chi connectivity index (χ4v) is 5.31. The lowest BCUT2D eigenvalue weighted by Gasteiger charge is -2.44. The number of ether oxygens (including phenoxy) is 3. The second-order valence-electron chi connectivity index (χ2n) is 7.83. The van der Waals surface area contributed by atoms with Crippen LogP contribution in [0.4, 0.5) is 4.79 Å². The lowest BCUT2D eigenvalue weighted by Crippen LogP contribution is -2.71. The first-order valence-electron chi connectivity index (χ1n) is 10.2. The van der Waals surface area contributed by atoms with Gasteiger partial charge in [-0.1, -0.05) is 30.3 Å². The maximum absolute atomic E-state index is 12.8. The highest BCUT2D eigenvalue weighted by atomic mass is 35.5. The quantitative estimate of drug-likeness (QED) is 0.307. The van der Waals surface area contributed by atoms with Crippen molar-refractivity contribution < 1.29 is 33.4 Å². The average Bonchev–Trinajstić information content (AvgIpc) is 3.02. The van der Waals surface area contributed by atoms with E-state index in [4.69, 9.17) is 15.2 Å². The van der Waals surface area contributed by atoms with Gasteiger partial charge in [0.15, 0.2) is 0 Å². The smallest absolute Gasteiger partial charge is 0.460 e. The number of esters is 1. The maximum Gasteiger partial charge on any atom is 0.508 e. The van der Waals surface area contributed by atoms with E-state index in [0.717, 1.165) is 0 Å². The average molecular weight is 502 g/mol. The number of hydrogen-bond acceptors (Lipinski definition) is 9. The Bertz CT molecular complexity index is 886. The van der Waals surface area contributed by atoms with E-state index < -0.39 is 46.3 Å². The zero-order valence-corrected chi connectivity index (χ0v) is 20.1. The minimum absolute atomic E-state index is 0. The van der Waals surface area contributed by atoms with Crippen LogP contribution in [-0.4, -0.2) is 70.9 Å². The van der Waals surface area contributed by atoms with Gasteiger partial charge in [-0.3, -0.25) is 9.59 Å². The highest BCUT2D eigenvalue weighted by molar-refractivity contribution is 8.01. The molecule has 1 aromatic carbocycles. The highest BCUT2D eigenvalue weighted by Gasteiger charge is 2.64. The van der Waals surface area contributed by atoms with Gasteiger partial charge < -0.3 is 30.2 Å². The van der Waals surface area contributed by atoms with Gasteiger partial charge in [-0.2, -0.15) is 0 Å². The normalized spacial score (nSPS) is 23.3. The fourth-order valence-electron chi connectivity index (χ4n) is 3.69. The summed E-state index contributed by atoms with van der Waals surface area (Å²) in [6, 6.07) is 6.35. The van der Waals surface area contributed by atoms with Crippen molar-refractivity contribution in [1.29, 1.82) is 0 Å². The molecule has 2 aliphatic rings. The molecule has 12 heteroatoms. The van der Waals surface area contributed by atoms with Crippen LogP contribution in [0.1, 0.15) is 32.4 Å². The van der Waals surface area contributed by atoms with Crippen molar-refractivity contribution in [2.45, 2.75) is 49.0 Å². The minimum Gasteiger partial charge on any atom is -0.460 e. The standard InChI is InChI=1S/C21H27N3O7S.ClH/c1-4-29-20(28)31-11-10-30-19(27)15-21(2,3)32-18-14(17(26)24(15)18)23-16(25)13(22)12-8-6-5-7-9-12;/h5-9,13-15,18H,4,10-11,22H2,1-3H3,(H,23,25);1H/t13?,14-,15+,18-;/m1./s1. The van der Waals surface area contributed by atoms with Crippen molar-refractivity contribution in [2.75, 3.05) is 19.8 Å². The number of rotatable bonds is 8. The Morgan fingerprint density at radius 3 is 2.42 bits per heavy atom. The number of carbonyl (C=O) groups is 4. The molecule has 1 unspecified atom stereocenters. The molecule has 4 atom stereocenters. The van der Waals surface area contributed by atoms with Gasteiger partial charge in [-0.05, 0) is 26.3 Å².